The fraction of sp³-hybridized carbons (Fsp3) is 0.364. The van der Waals surface area contributed by atoms with Crippen molar-refractivity contribution >= 4 is 5.57 Å². The molecular weight excluding hydrogens is 259 g/mol. The second kappa shape index (κ2) is 4.02. The first-order valence-corrected chi connectivity index (χ1v) is 5.63. The molecule has 1 aliphatic carbocycles. The lowest BCUT2D eigenvalue weighted by atomic mass is 9.84. The van der Waals surface area contributed by atoms with Crippen LogP contribution in [0.4, 0.5) is 13.2 Å². The number of nitrogens with zero attached hydrogens (tertiary/aromatic N) is 3. The lowest BCUT2D eigenvalue weighted by Gasteiger charge is -2.25. The van der Waals surface area contributed by atoms with E-state index in [4.69, 9.17) is 0 Å². The van der Waals surface area contributed by atoms with E-state index in [2.05, 4.69) is 32.5 Å². The number of tetrazole rings is 1. The zero-order valence-electron chi connectivity index (χ0n) is 9.70. The van der Waals surface area contributed by atoms with Crippen molar-refractivity contribution in [3.05, 3.63) is 35.7 Å². The minimum atomic E-state index is -4.37. The van der Waals surface area contributed by atoms with E-state index < -0.39 is 12.1 Å². The molecule has 3 rings (SSSR count). The number of aromatic amines is 1. The van der Waals surface area contributed by atoms with Crippen LogP contribution in [0.3, 0.4) is 0 Å². The maximum atomic E-state index is 13.0. The van der Waals surface area contributed by atoms with E-state index in [1.54, 1.807) is 6.08 Å². The van der Waals surface area contributed by atoms with Gasteiger partial charge >= 0.3 is 6.18 Å². The van der Waals surface area contributed by atoms with Crippen molar-refractivity contribution in [3.63, 3.8) is 0 Å². The Balaban J connectivity index is 2.04. The molecule has 0 radical (unpaired) electrons. The van der Waals surface area contributed by atoms with Crippen molar-refractivity contribution in [3.8, 4) is 0 Å². The summed E-state index contributed by atoms with van der Waals surface area (Å²) >= 11 is 0. The van der Waals surface area contributed by atoms with E-state index in [0.29, 0.717) is 17.7 Å². The Kier molecular flexibility index (Phi) is 2.56. The highest BCUT2D eigenvalue weighted by atomic mass is 19.4. The monoisotopic (exact) mass is 269 g/mol. The van der Waals surface area contributed by atoms with Crippen molar-refractivity contribution in [1.29, 1.82) is 0 Å². The summed E-state index contributed by atoms with van der Waals surface area (Å²) in [5.74, 6) is -1.55. The van der Waals surface area contributed by atoms with Crippen LogP contribution in [0.15, 0.2) is 29.9 Å². The van der Waals surface area contributed by atoms with Gasteiger partial charge in [-0.3, -0.25) is 0 Å². The summed E-state index contributed by atoms with van der Waals surface area (Å²) in [6.45, 7) is 4.25. The summed E-state index contributed by atoms with van der Waals surface area (Å²) in [4.78, 5) is 0. The summed E-state index contributed by atoms with van der Waals surface area (Å²) in [6, 6.07) is -0.0621. The molecule has 19 heavy (non-hydrogen) atoms. The summed E-state index contributed by atoms with van der Waals surface area (Å²) in [5.41, 5.74) is 0.951. The van der Waals surface area contributed by atoms with Gasteiger partial charge in [0, 0.05) is 18.2 Å². The van der Waals surface area contributed by atoms with E-state index in [1.165, 1.54) is 0 Å². The van der Waals surface area contributed by atoms with Crippen LogP contribution in [0.5, 0.6) is 0 Å². The van der Waals surface area contributed by atoms with E-state index in [-0.39, 0.29) is 17.4 Å². The van der Waals surface area contributed by atoms with Crippen LogP contribution < -0.4 is 5.32 Å². The molecule has 2 N–H and O–H groups in total. The van der Waals surface area contributed by atoms with Crippen LogP contribution >= 0.6 is 0 Å². The van der Waals surface area contributed by atoms with Gasteiger partial charge in [0.05, 0.1) is 5.92 Å². The number of allylic oxidation sites excluding steroid dienone is 3. The quantitative estimate of drug-likeness (QED) is 0.792. The second-order valence-corrected chi connectivity index (χ2v) is 4.46. The maximum absolute atomic E-state index is 13.0. The number of rotatable bonds is 2. The van der Waals surface area contributed by atoms with E-state index >= 15 is 0 Å². The number of aromatic nitrogens is 4. The van der Waals surface area contributed by atoms with Gasteiger partial charge in [0.2, 0.25) is 5.82 Å². The molecule has 2 aliphatic rings. The van der Waals surface area contributed by atoms with Crippen LogP contribution in [-0.2, 0) is 0 Å². The topological polar surface area (TPSA) is 76.4 Å². The molecule has 0 aromatic carbocycles. The van der Waals surface area contributed by atoms with E-state index in [0.717, 1.165) is 6.08 Å². The summed E-state index contributed by atoms with van der Waals surface area (Å²) in [7, 11) is 0. The molecule has 1 fully saturated rings. The van der Waals surface area contributed by atoms with Gasteiger partial charge in [-0.05, 0) is 22.4 Å². The zero-order valence-corrected chi connectivity index (χ0v) is 9.70. The van der Waals surface area contributed by atoms with Gasteiger partial charge in [-0.25, -0.2) is 0 Å². The van der Waals surface area contributed by atoms with Crippen molar-refractivity contribution < 1.29 is 13.2 Å². The van der Waals surface area contributed by atoms with Gasteiger partial charge in [-0.1, -0.05) is 12.7 Å². The number of halogens is 3. The lowest BCUT2D eigenvalue weighted by Crippen LogP contribution is -2.27. The van der Waals surface area contributed by atoms with Crippen LogP contribution in [0.25, 0.3) is 5.57 Å². The highest BCUT2D eigenvalue weighted by Gasteiger charge is 2.45. The highest BCUT2D eigenvalue weighted by molar-refractivity contribution is 5.75. The Hall–Kier alpha value is -1.96. The van der Waals surface area contributed by atoms with Gasteiger partial charge in [0.1, 0.15) is 0 Å². The standard InChI is InChI=1S/C11H10F3N5/c1-5-7(9-4-15-9)2-6(10-16-18-19-17-10)3-8(5)11(12,13)14/h2-3,8-9,15H,1,4H2,(H,16,17,18,19). The van der Waals surface area contributed by atoms with Gasteiger partial charge in [-0.15, -0.1) is 10.2 Å². The molecule has 1 aliphatic heterocycles. The number of H-pyrrole nitrogens is 1. The Morgan fingerprint density at radius 2 is 2.11 bits per heavy atom. The molecule has 1 aromatic rings. The predicted octanol–water partition coefficient (Wildman–Crippen LogP) is 1.23. The third-order valence-corrected chi connectivity index (χ3v) is 3.14. The third-order valence-electron chi connectivity index (χ3n) is 3.14. The van der Waals surface area contributed by atoms with E-state index in [1.807, 2.05) is 0 Å². The summed E-state index contributed by atoms with van der Waals surface area (Å²) in [6.07, 6.45) is -1.65. The first-order chi connectivity index (χ1) is 8.97. The van der Waals surface area contributed by atoms with Crippen LogP contribution in [0, 0.1) is 5.92 Å². The molecule has 1 saturated heterocycles. The Morgan fingerprint density at radius 3 is 2.63 bits per heavy atom. The summed E-state index contributed by atoms with van der Waals surface area (Å²) < 4.78 is 39.1. The smallest absolute Gasteiger partial charge is 0.307 e. The molecule has 0 amide bonds. The molecule has 1 aromatic heterocycles. The fourth-order valence-electron chi connectivity index (χ4n) is 2.09. The summed E-state index contributed by atoms with van der Waals surface area (Å²) in [5, 5.41) is 16.0. The van der Waals surface area contributed by atoms with Gasteiger partial charge in [0.15, 0.2) is 0 Å². The largest absolute Gasteiger partial charge is 0.399 e. The third kappa shape index (κ3) is 2.19. The number of hydrogen-bond donors (Lipinski definition) is 2. The molecule has 5 nitrogen and oxygen atoms in total. The fourth-order valence-corrected chi connectivity index (χ4v) is 2.09. The van der Waals surface area contributed by atoms with Crippen molar-refractivity contribution in [2.45, 2.75) is 12.2 Å². The molecule has 100 valence electrons. The molecule has 0 bridgehead atoms. The first-order valence-electron chi connectivity index (χ1n) is 5.63. The molecular formula is C11H10F3N5. The molecule has 0 spiro atoms. The van der Waals surface area contributed by atoms with Crippen molar-refractivity contribution in [1.82, 2.24) is 25.9 Å². The Labute approximate surface area is 106 Å². The SMILES string of the molecule is C=C1C(C2CN2)=CC(c2nn[nH]n2)=CC1C(F)(F)F. The molecule has 8 heteroatoms. The average molecular weight is 269 g/mol. The minimum absolute atomic E-state index is 0.0621. The molecule has 2 unspecified atom stereocenters. The Bertz CT molecular complexity index is 566. The van der Waals surface area contributed by atoms with Crippen LogP contribution in [-0.4, -0.2) is 39.4 Å². The van der Waals surface area contributed by atoms with E-state index in [9.17, 15) is 13.2 Å². The van der Waals surface area contributed by atoms with Gasteiger partial charge < -0.3 is 5.32 Å². The maximum Gasteiger partial charge on any atom is 0.399 e. The molecule has 2 atom stereocenters. The van der Waals surface area contributed by atoms with Crippen molar-refractivity contribution in [2.75, 3.05) is 6.54 Å². The minimum Gasteiger partial charge on any atom is -0.307 e. The second-order valence-electron chi connectivity index (χ2n) is 4.46. The highest BCUT2D eigenvalue weighted by Crippen LogP contribution is 2.42. The number of alkyl halides is 3. The average Bonchev–Trinajstić information content (AvgIpc) is 3.02. The van der Waals surface area contributed by atoms with Crippen molar-refractivity contribution in [2.24, 2.45) is 5.92 Å². The van der Waals surface area contributed by atoms with Gasteiger partial charge in [0.25, 0.3) is 0 Å². The normalized spacial score (nSPS) is 27.0. The molecule has 0 saturated carbocycles. The lowest BCUT2D eigenvalue weighted by molar-refractivity contribution is -0.151. The first kappa shape index (κ1) is 12.1. The van der Waals surface area contributed by atoms with Gasteiger partial charge in [-0.2, -0.15) is 18.4 Å². The Morgan fingerprint density at radius 1 is 1.37 bits per heavy atom. The predicted molar refractivity (Wildman–Crippen MR) is 60.7 cm³/mol. The number of hydrogen-bond acceptors (Lipinski definition) is 4. The van der Waals surface area contributed by atoms with Crippen LogP contribution in [0.1, 0.15) is 5.82 Å². The zero-order chi connectivity index (χ0) is 13.6. The van der Waals surface area contributed by atoms with Crippen LogP contribution in [0.2, 0.25) is 0 Å². The molecule has 2 heterocycles. The number of nitrogens with one attached hydrogen (secondary N) is 2.